The molecule has 0 saturated carbocycles. The first-order valence-electron chi connectivity index (χ1n) is 6.58. The molecular formula is C14H19ClN2O3. The average molecular weight is 299 g/mol. The fourth-order valence-electron chi connectivity index (χ4n) is 1.98. The molecule has 20 heavy (non-hydrogen) atoms. The van der Waals surface area contributed by atoms with Crippen molar-refractivity contribution in [2.75, 3.05) is 40.4 Å². The molecule has 0 unspecified atom stereocenters. The van der Waals surface area contributed by atoms with Crippen LogP contribution in [-0.4, -0.2) is 51.2 Å². The molecule has 1 N–H and O–H groups in total. The van der Waals surface area contributed by atoms with Crippen LogP contribution in [0.2, 0.25) is 5.02 Å². The van der Waals surface area contributed by atoms with Gasteiger partial charge in [-0.15, -0.1) is 0 Å². The van der Waals surface area contributed by atoms with Gasteiger partial charge in [0.1, 0.15) is 13.2 Å². The van der Waals surface area contributed by atoms with Crippen LogP contribution >= 0.6 is 11.6 Å². The summed E-state index contributed by atoms with van der Waals surface area (Å²) < 4.78 is 11.0. The molecule has 0 radical (unpaired) electrons. The molecule has 110 valence electrons. The van der Waals surface area contributed by atoms with Crippen molar-refractivity contribution in [3.8, 4) is 11.5 Å². The Morgan fingerprint density at radius 3 is 2.90 bits per heavy atom. The number of carbonyl (C=O) groups is 1. The van der Waals surface area contributed by atoms with Gasteiger partial charge in [0, 0.05) is 20.1 Å². The lowest BCUT2D eigenvalue weighted by Crippen LogP contribution is -2.33. The molecule has 2 rings (SSSR count). The van der Waals surface area contributed by atoms with Crippen LogP contribution in [0.5, 0.6) is 11.5 Å². The van der Waals surface area contributed by atoms with Crippen molar-refractivity contribution in [3.05, 3.63) is 22.7 Å². The van der Waals surface area contributed by atoms with E-state index in [4.69, 9.17) is 21.1 Å². The van der Waals surface area contributed by atoms with E-state index in [2.05, 4.69) is 5.32 Å². The number of hydrogen-bond donors (Lipinski definition) is 1. The summed E-state index contributed by atoms with van der Waals surface area (Å²) in [4.78, 5) is 13.8. The predicted octanol–water partition coefficient (Wildman–Crippen LogP) is 1.33. The van der Waals surface area contributed by atoms with Gasteiger partial charge in [0.05, 0.1) is 11.4 Å². The number of nitrogens with zero attached hydrogens (tertiary/aromatic N) is 1. The van der Waals surface area contributed by atoms with E-state index in [-0.39, 0.29) is 5.91 Å². The summed E-state index contributed by atoms with van der Waals surface area (Å²) in [5.74, 6) is 1.23. The van der Waals surface area contributed by atoms with Crippen molar-refractivity contribution >= 4 is 17.5 Å². The van der Waals surface area contributed by atoms with E-state index in [1.54, 1.807) is 18.0 Å². The summed E-state index contributed by atoms with van der Waals surface area (Å²) in [6.45, 7) is 2.44. The molecule has 1 amide bonds. The molecule has 1 heterocycles. The van der Waals surface area contributed by atoms with Crippen LogP contribution in [0.1, 0.15) is 5.56 Å². The minimum atomic E-state index is 0.0491. The zero-order chi connectivity index (χ0) is 14.5. The zero-order valence-corrected chi connectivity index (χ0v) is 12.5. The molecule has 0 aliphatic carbocycles. The number of benzene rings is 1. The topological polar surface area (TPSA) is 50.8 Å². The van der Waals surface area contributed by atoms with Gasteiger partial charge in [-0.2, -0.15) is 0 Å². The van der Waals surface area contributed by atoms with E-state index < -0.39 is 0 Å². The van der Waals surface area contributed by atoms with Crippen LogP contribution in [0.25, 0.3) is 0 Å². The van der Waals surface area contributed by atoms with Gasteiger partial charge < -0.3 is 19.7 Å². The Morgan fingerprint density at radius 1 is 1.40 bits per heavy atom. The monoisotopic (exact) mass is 298 g/mol. The number of amides is 1. The molecule has 0 fully saturated rings. The number of hydrogen-bond acceptors (Lipinski definition) is 4. The molecule has 5 nitrogen and oxygen atoms in total. The summed E-state index contributed by atoms with van der Waals surface area (Å²) in [6, 6.07) is 3.59. The quantitative estimate of drug-likeness (QED) is 0.891. The first kappa shape index (κ1) is 14.9. The number of fused-ring (bicyclic) bond motifs is 1. The fraction of sp³-hybridized carbons (Fsp3) is 0.500. The van der Waals surface area contributed by atoms with Gasteiger partial charge in [0.15, 0.2) is 11.5 Å². The number of ether oxygens (including phenoxy) is 2. The standard InChI is InChI=1S/C14H19ClN2O3/c1-16-3-4-17(2)13(18)9-10-7-11(15)14-12(8-10)19-5-6-20-14/h7-8,16H,3-6,9H2,1-2H3. The van der Waals surface area contributed by atoms with E-state index in [1.165, 1.54) is 0 Å². The summed E-state index contributed by atoms with van der Waals surface area (Å²) >= 11 is 6.15. The lowest BCUT2D eigenvalue weighted by atomic mass is 10.1. The highest BCUT2D eigenvalue weighted by Crippen LogP contribution is 2.38. The van der Waals surface area contributed by atoms with Gasteiger partial charge in [-0.25, -0.2) is 0 Å². The van der Waals surface area contributed by atoms with Crippen molar-refractivity contribution in [2.45, 2.75) is 6.42 Å². The SMILES string of the molecule is CNCCN(C)C(=O)Cc1cc(Cl)c2c(c1)OCCO2. The molecule has 0 bridgehead atoms. The summed E-state index contributed by atoms with van der Waals surface area (Å²) in [6.07, 6.45) is 0.302. The highest BCUT2D eigenvalue weighted by atomic mass is 35.5. The van der Waals surface area contributed by atoms with Gasteiger partial charge in [-0.1, -0.05) is 11.6 Å². The van der Waals surface area contributed by atoms with Gasteiger partial charge in [0.25, 0.3) is 0 Å². The van der Waals surface area contributed by atoms with Gasteiger partial charge in [0.2, 0.25) is 5.91 Å². The number of likely N-dealkylation sites (N-methyl/N-ethyl adjacent to an activating group) is 2. The third-order valence-corrected chi connectivity index (χ3v) is 3.42. The second-order valence-electron chi connectivity index (χ2n) is 4.70. The summed E-state index contributed by atoms with van der Waals surface area (Å²) in [5, 5.41) is 3.50. The largest absolute Gasteiger partial charge is 0.486 e. The second-order valence-corrected chi connectivity index (χ2v) is 5.10. The highest BCUT2D eigenvalue weighted by Gasteiger charge is 2.18. The average Bonchev–Trinajstić information content (AvgIpc) is 2.44. The molecular weight excluding hydrogens is 280 g/mol. The summed E-state index contributed by atoms with van der Waals surface area (Å²) in [5.41, 5.74) is 0.834. The van der Waals surface area contributed by atoms with E-state index in [1.807, 2.05) is 13.1 Å². The van der Waals surface area contributed by atoms with Crippen LogP contribution in [0.15, 0.2) is 12.1 Å². The highest BCUT2D eigenvalue weighted by molar-refractivity contribution is 6.32. The third kappa shape index (κ3) is 3.55. The van der Waals surface area contributed by atoms with E-state index in [0.717, 1.165) is 12.1 Å². The maximum Gasteiger partial charge on any atom is 0.226 e. The molecule has 0 atom stereocenters. The first-order valence-corrected chi connectivity index (χ1v) is 6.96. The van der Waals surface area contributed by atoms with Crippen LogP contribution in [0, 0.1) is 0 Å². The van der Waals surface area contributed by atoms with Crippen LogP contribution in [-0.2, 0) is 11.2 Å². The first-order chi connectivity index (χ1) is 9.61. The molecule has 0 spiro atoms. The molecule has 1 aromatic rings. The van der Waals surface area contributed by atoms with Crippen molar-refractivity contribution in [2.24, 2.45) is 0 Å². The zero-order valence-electron chi connectivity index (χ0n) is 11.7. The minimum absolute atomic E-state index is 0.0491. The molecule has 0 saturated heterocycles. The Bertz CT molecular complexity index is 494. The number of rotatable bonds is 5. The van der Waals surface area contributed by atoms with Crippen LogP contribution in [0.4, 0.5) is 0 Å². The fourth-order valence-corrected chi connectivity index (χ4v) is 2.27. The Labute approximate surface area is 123 Å². The molecule has 1 aromatic carbocycles. The van der Waals surface area contributed by atoms with E-state index >= 15 is 0 Å². The predicted molar refractivity (Wildman–Crippen MR) is 77.7 cm³/mol. The van der Waals surface area contributed by atoms with Crippen molar-refractivity contribution < 1.29 is 14.3 Å². The molecule has 0 aromatic heterocycles. The maximum absolute atomic E-state index is 12.1. The van der Waals surface area contributed by atoms with Crippen molar-refractivity contribution in [1.82, 2.24) is 10.2 Å². The van der Waals surface area contributed by atoms with Gasteiger partial charge in [-0.05, 0) is 24.7 Å². The Balaban J connectivity index is 2.06. The second kappa shape index (κ2) is 6.81. The summed E-state index contributed by atoms with van der Waals surface area (Å²) in [7, 11) is 3.65. The number of halogens is 1. The lowest BCUT2D eigenvalue weighted by Gasteiger charge is -2.21. The minimum Gasteiger partial charge on any atom is -0.486 e. The van der Waals surface area contributed by atoms with Gasteiger partial charge in [-0.3, -0.25) is 4.79 Å². The molecule has 6 heteroatoms. The van der Waals surface area contributed by atoms with Crippen molar-refractivity contribution in [3.63, 3.8) is 0 Å². The molecule has 1 aliphatic rings. The third-order valence-electron chi connectivity index (χ3n) is 3.13. The van der Waals surface area contributed by atoms with Crippen LogP contribution < -0.4 is 14.8 Å². The smallest absolute Gasteiger partial charge is 0.226 e. The number of carbonyl (C=O) groups excluding carboxylic acids is 1. The molecule has 1 aliphatic heterocycles. The van der Waals surface area contributed by atoms with Gasteiger partial charge >= 0.3 is 0 Å². The maximum atomic E-state index is 12.1. The van der Waals surface area contributed by atoms with Crippen LogP contribution in [0.3, 0.4) is 0 Å². The Hall–Kier alpha value is -1.46. The van der Waals surface area contributed by atoms with Crippen molar-refractivity contribution in [1.29, 1.82) is 0 Å². The van der Waals surface area contributed by atoms with E-state index in [9.17, 15) is 4.79 Å². The van der Waals surface area contributed by atoms with E-state index in [0.29, 0.717) is 42.7 Å². The lowest BCUT2D eigenvalue weighted by molar-refractivity contribution is -0.129. The Kier molecular flexibility index (Phi) is 5.09. The Morgan fingerprint density at radius 2 is 2.15 bits per heavy atom. The normalized spacial score (nSPS) is 13.2. The number of nitrogens with one attached hydrogen (secondary N) is 1.